The summed E-state index contributed by atoms with van der Waals surface area (Å²) in [5.74, 6) is -1.08. The summed E-state index contributed by atoms with van der Waals surface area (Å²) in [6, 6.07) is 15.8. The first-order chi connectivity index (χ1) is 13.5. The molecule has 142 valence electrons. The van der Waals surface area contributed by atoms with Crippen LogP contribution in [0.25, 0.3) is 0 Å². The molecule has 1 heterocycles. The van der Waals surface area contributed by atoms with Crippen molar-refractivity contribution in [3.05, 3.63) is 70.8 Å². The molecule has 6 nitrogen and oxygen atoms in total. The Bertz CT molecular complexity index is 942. The molecule has 1 aliphatic heterocycles. The van der Waals surface area contributed by atoms with E-state index >= 15 is 0 Å². The van der Waals surface area contributed by atoms with Crippen LogP contribution in [0.5, 0.6) is 0 Å². The quantitative estimate of drug-likeness (QED) is 0.727. The second-order valence-electron chi connectivity index (χ2n) is 6.82. The van der Waals surface area contributed by atoms with Crippen molar-refractivity contribution in [2.45, 2.75) is 20.4 Å². The van der Waals surface area contributed by atoms with E-state index in [1.165, 1.54) is 4.90 Å². The Morgan fingerprint density at radius 1 is 1.11 bits per heavy atom. The maximum atomic E-state index is 12.8. The van der Waals surface area contributed by atoms with E-state index in [-0.39, 0.29) is 30.2 Å². The third-order valence-corrected chi connectivity index (χ3v) is 4.78. The standard InChI is InChI=1S/C22H21N3O3/c1-3-24(13-15(2)12-23)20(26)17-8-6-7-16(11-17)14-25-21(27)18-9-4-5-10-19(18)22(25)28/h4-11,15H,3,13-14H2,1-2H3. The van der Waals surface area contributed by atoms with Gasteiger partial charge in [-0.05, 0) is 43.7 Å². The predicted octanol–water partition coefficient (Wildman–Crippen LogP) is 3.10. The number of nitriles is 1. The van der Waals surface area contributed by atoms with Gasteiger partial charge in [0.05, 0.1) is 29.7 Å². The number of hydrogen-bond acceptors (Lipinski definition) is 4. The van der Waals surface area contributed by atoms with Crippen LogP contribution in [0.1, 0.15) is 50.5 Å². The Kier molecular flexibility index (Phi) is 5.55. The molecule has 0 spiro atoms. The third-order valence-electron chi connectivity index (χ3n) is 4.78. The Morgan fingerprint density at radius 2 is 1.75 bits per heavy atom. The Labute approximate surface area is 164 Å². The molecule has 1 aliphatic rings. The highest BCUT2D eigenvalue weighted by Gasteiger charge is 2.35. The highest BCUT2D eigenvalue weighted by molar-refractivity contribution is 6.21. The summed E-state index contributed by atoms with van der Waals surface area (Å²) in [7, 11) is 0. The fourth-order valence-corrected chi connectivity index (χ4v) is 3.28. The summed E-state index contributed by atoms with van der Waals surface area (Å²) in [6.07, 6.45) is 0. The topological polar surface area (TPSA) is 81.5 Å². The third kappa shape index (κ3) is 3.65. The average molecular weight is 375 g/mol. The van der Waals surface area contributed by atoms with E-state index in [1.807, 2.05) is 6.92 Å². The lowest BCUT2D eigenvalue weighted by atomic mass is 10.1. The zero-order chi connectivity index (χ0) is 20.3. The van der Waals surface area contributed by atoms with Crippen LogP contribution in [0, 0.1) is 17.2 Å². The van der Waals surface area contributed by atoms with Gasteiger partial charge in [-0.15, -0.1) is 0 Å². The van der Waals surface area contributed by atoms with Crippen LogP contribution in [0.4, 0.5) is 0 Å². The van der Waals surface area contributed by atoms with Crippen molar-refractivity contribution in [2.75, 3.05) is 13.1 Å². The molecule has 28 heavy (non-hydrogen) atoms. The van der Waals surface area contributed by atoms with Gasteiger partial charge in [-0.25, -0.2) is 0 Å². The number of carbonyl (C=O) groups is 3. The van der Waals surface area contributed by atoms with E-state index in [1.54, 1.807) is 60.4 Å². The summed E-state index contributed by atoms with van der Waals surface area (Å²) in [5, 5.41) is 9.00. The van der Waals surface area contributed by atoms with Crippen LogP contribution in [0.15, 0.2) is 48.5 Å². The molecule has 0 bridgehead atoms. The first kappa shape index (κ1) is 19.3. The van der Waals surface area contributed by atoms with E-state index in [0.29, 0.717) is 35.3 Å². The Balaban J connectivity index is 1.79. The number of carbonyl (C=O) groups excluding carboxylic acids is 3. The van der Waals surface area contributed by atoms with Gasteiger partial charge in [0.1, 0.15) is 0 Å². The molecule has 6 heteroatoms. The van der Waals surface area contributed by atoms with E-state index in [4.69, 9.17) is 5.26 Å². The highest BCUT2D eigenvalue weighted by atomic mass is 16.2. The van der Waals surface area contributed by atoms with Gasteiger partial charge in [-0.3, -0.25) is 19.3 Å². The van der Waals surface area contributed by atoms with E-state index in [0.717, 1.165) is 0 Å². The lowest BCUT2D eigenvalue weighted by Crippen LogP contribution is -2.34. The number of nitrogens with zero attached hydrogens (tertiary/aromatic N) is 3. The van der Waals surface area contributed by atoms with Gasteiger partial charge < -0.3 is 4.90 Å². The van der Waals surface area contributed by atoms with Gasteiger partial charge >= 0.3 is 0 Å². The lowest BCUT2D eigenvalue weighted by Gasteiger charge is -2.22. The minimum atomic E-state index is -0.324. The summed E-state index contributed by atoms with van der Waals surface area (Å²) in [4.78, 5) is 40.7. The smallest absolute Gasteiger partial charge is 0.261 e. The number of imide groups is 1. The SMILES string of the molecule is CCN(CC(C)C#N)C(=O)c1cccc(CN2C(=O)c3ccccc3C2=O)c1. The van der Waals surface area contributed by atoms with Crippen LogP contribution in [0.2, 0.25) is 0 Å². The molecule has 0 aliphatic carbocycles. The van der Waals surface area contributed by atoms with Crippen molar-refractivity contribution in [2.24, 2.45) is 5.92 Å². The molecule has 0 saturated carbocycles. The van der Waals surface area contributed by atoms with Gasteiger partial charge in [0.15, 0.2) is 0 Å². The summed E-state index contributed by atoms with van der Waals surface area (Å²) in [6.45, 7) is 4.59. The minimum absolute atomic E-state index is 0.105. The average Bonchev–Trinajstić information content (AvgIpc) is 2.96. The Morgan fingerprint density at radius 3 is 2.32 bits per heavy atom. The van der Waals surface area contributed by atoms with Crippen LogP contribution >= 0.6 is 0 Å². The monoisotopic (exact) mass is 375 g/mol. The highest BCUT2D eigenvalue weighted by Crippen LogP contribution is 2.24. The predicted molar refractivity (Wildman–Crippen MR) is 103 cm³/mol. The molecule has 0 N–H and O–H groups in total. The van der Waals surface area contributed by atoms with Crippen molar-refractivity contribution < 1.29 is 14.4 Å². The van der Waals surface area contributed by atoms with Gasteiger partial charge in [-0.1, -0.05) is 24.3 Å². The van der Waals surface area contributed by atoms with Gasteiger partial charge in [0.25, 0.3) is 17.7 Å². The van der Waals surface area contributed by atoms with Gasteiger partial charge in [0.2, 0.25) is 0 Å². The van der Waals surface area contributed by atoms with Gasteiger partial charge in [-0.2, -0.15) is 5.26 Å². The molecule has 2 aromatic rings. The molecule has 3 amide bonds. The second kappa shape index (κ2) is 8.05. The maximum absolute atomic E-state index is 12.8. The maximum Gasteiger partial charge on any atom is 0.261 e. The number of amides is 3. The molecule has 2 aromatic carbocycles. The van der Waals surface area contributed by atoms with Gasteiger partial charge in [0, 0.05) is 18.7 Å². The summed E-state index contributed by atoms with van der Waals surface area (Å²) < 4.78 is 0. The Hall–Kier alpha value is -3.46. The van der Waals surface area contributed by atoms with Crippen molar-refractivity contribution in [3.63, 3.8) is 0 Å². The first-order valence-electron chi connectivity index (χ1n) is 9.19. The van der Waals surface area contributed by atoms with E-state index in [9.17, 15) is 14.4 Å². The number of rotatable bonds is 6. The summed E-state index contributed by atoms with van der Waals surface area (Å²) in [5.41, 5.74) is 1.98. The lowest BCUT2D eigenvalue weighted by molar-refractivity contribution is 0.0642. The largest absolute Gasteiger partial charge is 0.338 e. The normalized spacial score (nSPS) is 13.8. The zero-order valence-corrected chi connectivity index (χ0v) is 15.9. The molecule has 3 rings (SSSR count). The van der Waals surface area contributed by atoms with Crippen LogP contribution < -0.4 is 0 Å². The molecule has 0 saturated heterocycles. The fourth-order valence-electron chi connectivity index (χ4n) is 3.28. The number of benzene rings is 2. The minimum Gasteiger partial charge on any atom is -0.338 e. The number of fused-ring (bicyclic) bond motifs is 1. The van der Waals surface area contributed by atoms with Crippen LogP contribution in [-0.4, -0.2) is 40.6 Å². The molecule has 1 atom stereocenters. The van der Waals surface area contributed by atoms with E-state index in [2.05, 4.69) is 6.07 Å². The molecule has 0 aromatic heterocycles. The fraction of sp³-hybridized carbons (Fsp3) is 0.273. The number of hydrogen-bond donors (Lipinski definition) is 0. The second-order valence-corrected chi connectivity index (χ2v) is 6.82. The van der Waals surface area contributed by atoms with Crippen molar-refractivity contribution in [1.29, 1.82) is 5.26 Å². The molecular weight excluding hydrogens is 354 g/mol. The van der Waals surface area contributed by atoms with Crippen molar-refractivity contribution in [3.8, 4) is 6.07 Å². The molecule has 0 fully saturated rings. The van der Waals surface area contributed by atoms with Crippen molar-refractivity contribution in [1.82, 2.24) is 9.80 Å². The van der Waals surface area contributed by atoms with E-state index < -0.39 is 0 Å². The molecule has 0 radical (unpaired) electrons. The van der Waals surface area contributed by atoms with Crippen LogP contribution in [-0.2, 0) is 6.54 Å². The van der Waals surface area contributed by atoms with Crippen LogP contribution in [0.3, 0.4) is 0 Å². The molecule has 1 unspecified atom stereocenters. The zero-order valence-electron chi connectivity index (χ0n) is 15.9. The first-order valence-corrected chi connectivity index (χ1v) is 9.19. The molecular formula is C22H21N3O3. The van der Waals surface area contributed by atoms with Crippen molar-refractivity contribution >= 4 is 17.7 Å². The summed E-state index contributed by atoms with van der Waals surface area (Å²) >= 11 is 0.